The third kappa shape index (κ3) is 1.96. The van der Waals surface area contributed by atoms with Crippen molar-refractivity contribution in [2.45, 2.75) is 16.9 Å². The standard InChI is InChI=1S/C72H20N2O6/c1-78-9(75)6-73(7-10(76)79-2)4-5-74-8-71-65-57-49-39-29-21-13-11-12-15-19-17(13)25-33-27(19)37-31-23(15)24-16(12)20-18-14(11)22(21)30-36-26(18)34-28(20)38-32(24)42-41(31)53-47(37)55-45(33)51(43(49)35(25)29)59(65)61(55)67-63(53)64-54(42)48(38)56-46(34)52-44(36)50(40(30)39)58(57)66(71)60(52)62(56)68(64)72(67,71)69(74)70(77)80-3/h69H,4-8H2,1-3H3. The zero-order valence-electron chi connectivity index (χ0n) is 42.0. The van der Waals surface area contributed by atoms with E-state index in [0.717, 1.165) is 0 Å². The molecular formula is C72H20N2O6. The van der Waals surface area contributed by atoms with Crippen LogP contribution >= 0.6 is 0 Å². The van der Waals surface area contributed by atoms with Crippen LogP contribution in [-0.4, -0.2) is 87.8 Å². The molecule has 0 bridgehead atoms. The molecule has 2 spiro atoms. The van der Waals surface area contributed by atoms with Gasteiger partial charge in [0.15, 0.2) is 0 Å². The Morgan fingerprint density at radius 3 is 0.762 bits per heavy atom. The zero-order valence-corrected chi connectivity index (χ0v) is 42.0. The first-order valence-electron chi connectivity index (χ1n) is 28.9. The number of rotatable bonds is 8. The van der Waals surface area contributed by atoms with Gasteiger partial charge in [-0.05, 0) is 313 Å². The van der Waals surface area contributed by atoms with Crippen LogP contribution in [0.4, 0.5) is 0 Å². The highest BCUT2D eigenvalue weighted by Crippen LogP contribution is 2.86. The van der Waals surface area contributed by atoms with Crippen LogP contribution in [-0.2, 0) is 39.4 Å². The summed E-state index contributed by atoms with van der Waals surface area (Å²) in [6, 6.07) is -0.721. The van der Waals surface area contributed by atoms with E-state index in [2.05, 4.69) is 4.90 Å². The van der Waals surface area contributed by atoms with Gasteiger partial charge in [-0.25, -0.2) is 0 Å². The molecule has 1 atom stereocenters. The molecule has 28 aromatic rings. The molecule has 8 nitrogen and oxygen atoms in total. The van der Waals surface area contributed by atoms with E-state index in [1.807, 2.05) is 4.90 Å². The fourth-order valence-electron chi connectivity index (χ4n) is 26.5. The largest absolute Gasteiger partial charge is 0.468 e. The second kappa shape index (κ2) is 8.03. The van der Waals surface area contributed by atoms with Gasteiger partial charge in [-0.1, -0.05) is 0 Å². The monoisotopic (exact) mass is 1010 g/mol. The van der Waals surface area contributed by atoms with E-state index >= 15 is 4.79 Å². The van der Waals surface area contributed by atoms with E-state index in [1.54, 1.807) is 126 Å². The molecule has 28 aromatic carbocycles. The lowest BCUT2D eigenvalue weighted by atomic mass is 9.48. The summed E-state index contributed by atoms with van der Waals surface area (Å²) in [5.41, 5.74) is 4.24. The molecule has 1 saturated heterocycles. The summed E-state index contributed by atoms with van der Waals surface area (Å²) in [5.74, 6) is -1.03. The molecule has 0 aromatic heterocycles. The Bertz CT molecular complexity index is 7390. The van der Waals surface area contributed by atoms with Crippen LogP contribution in [0.5, 0.6) is 0 Å². The highest BCUT2D eigenvalue weighted by atomic mass is 16.5. The summed E-state index contributed by atoms with van der Waals surface area (Å²) in [4.78, 5) is 47.3. The predicted molar refractivity (Wildman–Crippen MR) is 322 cm³/mol. The van der Waals surface area contributed by atoms with E-state index < -0.39 is 28.8 Å². The van der Waals surface area contributed by atoms with Crippen molar-refractivity contribution in [1.82, 2.24) is 9.80 Å². The van der Waals surface area contributed by atoms with Gasteiger partial charge in [-0.2, -0.15) is 0 Å². The van der Waals surface area contributed by atoms with Crippen LogP contribution in [0.15, 0.2) is 0 Å². The average Bonchev–Trinajstić information content (AvgIpc) is 1.60. The molecule has 1 fully saturated rings. The minimum Gasteiger partial charge on any atom is -0.468 e. The molecule has 0 amide bonds. The molecule has 80 heavy (non-hydrogen) atoms. The van der Waals surface area contributed by atoms with Gasteiger partial charge in [0.25, 0.3) is 0 Å². The lowest BCUT2D eigenvalue weighted by Crippen LogP contribution is -2.57. The molecule has 1 heterocycles. The number of ether oxygens (including phenoxy) is 3. The zero-order chi connectivity index (χ0) is 49.6. The van der Waals surface area contributed by atoms with E-state index in [0.29, 0.717) is 19.6 Å². The van der Waals surface area contributed by atoms with E-state index in [4.69, 9.17) is 14.2 Å². The highest BCUT2D eigenvalue weighted by Gasteiger charge is 2.77. The number of nitrogens with zero attached hydrogens (tertiary/aromatic N) is 2. The second-order valence-corrected chi connectivity index (χ2v) is 27.7. The summed E-state index contributed by atoms with van der Waals surface area (Å²) in [7, 11) is 4.42. The maximum absolute atomic E-state index is 16.4. The summed E-state index contributed by atoms with van der Waals surface area (Å²) in [6.07, 6.45) is 0. The van der Waals surface area contributed by atoms with Gasteiger partial charge in [0, 0.05) is 19.6 Å². The lowest BCUT2D eigenvalue weighted by Gasteiger charge is -2.51. The summed E-state index contributed by atoms with van der Waals surface area (Å²) in [6.45, 7) is 1.25. The second-order valence-electron chi connectivity index (χ2n) is 27.7. The summed E-state index contributed by atoms with van der Waals surface area (Å²) >= 11 is 0. The van der Waals surface area contributed by atoms with Crippen LogP contribution in [0.25, 0.3) is 291 Å². The number of likely N-dealkylation sites (tertiary alicyclic amines) is 1. The predicted octanol–water partition coefficient (Wildman–Crippen LogP) is 14.8. The average molecular weight is 1010 g/mol. The molecule has 0 radical (unpaired) electrons. The van der Waals surface area contributed by atoms with Crippen molar-refractivity contribution in [3.63, 3.8) is 0 Å². The smallest absolute Gasteiger partial charge is 0.324 e. The maximum Gasteiger partial charge on any atom is 0.324 e. The van der Waals surface area contributed by atoms with Crippen molar-refractivity contribution in [2.24, 2.45) is 0 Å². The number of hydrogen-bond donors (Lipinski definition) is 0. The third-order valence-corrected chi connectivity index (χ3v) is 27.1. The van der Waals surface area contributed by atoms with Crippen molar-refractivity contribution in [1.29, 1.82) is 0 Å². The van der Waals surface area contributed by atoms with E-state index in [1.165, 1.54) is 209 Å². The number of carbonyl (C=O) groups excluding carboxylic acids is 3. The molecule has 1 aliphatic heterocycles. The van der Waals surface area contributed by atoms with Crippen molar-refractivity contribution in [3.8, 4) is 0 Å². The number of carbonyl (C=O) groups is 3. The number of methoxy groups -OCH3 is 3. The summed E-state index contributed by atoms with van der Waals surface area (Å²) in [5, 5.41) is 82.1. The Balaban J connectivity index is 0.992. The van der Waals surface area contributed by atoms with Crippen LogP contribution in [0.2, 0.25) is 0 Å². The fraction of sp³-hybridized carbons (Fsp3) is 0.153. The van der Waals surface area contributed by atoms with Gasteiger partial charge in [0.1, 0.15) is 6.04 Å². The van der Waals surface area contributed by atoms with Crippen molar-refractivity contribution in [2.75, 3.05) is 54.1 Å². The van der Waals surface area contributed by atoms with Crippen molar-refractivity contribution < 1.29 is 28.6 Å². The van der Waals surface area contributed by atoms with Gasteiger partial charge in [-0.15, -0.1) is 0 Å². The van der Waals surface area contributed by atoms with Crippen LogP contribution in [0, 0.1) is 0 Å². The molecule has 0 N–H and O–H groups in total. The Morgan fingerprint density at radius 2 is 0.550 bits per heavy atom. The number of benzene rings is 18. The first-order chi connectivity index (χ1) is 39.5. The first kappa shape index (κ1) is 33.3. The van der Waals surface area contributed by atoms with Crippen LogP contribution in [0.3, 0.4) is 0 Å². The molecule has 8 heteroatoms. The lowest BCUT2D eigenvalue weighted by molar-refractivity contribution is -0.149. The quantitative estimate of drug-likeness (QED) is 0.0845. The molecule has 0 saturated carbocycles. The van der Waals surface area contributed by atoms with E-state index in [-0.39, 0.29) is 19.1 Å². The maximum atomic E-state index is 16.4. The van der Waals surface area contributed by atoms with Gasteiger partial charge in [-0.3, -0.25) is 24.2 Å². The molecular weight excluding hydrogens is 989 g/mol. The third-order valence-electron chi connectivity index (χ3n) is 27.1. The number of hydrogen-bond acceptors (Lipinski definition) is 8. The minimum absolute atomic E-state index is 0.0692. The van der Waals surface area contributed by atoms with Crippen LogP contribution < -0.4 is 0 Å². The molecule has 4 aliphatic carbocycles. The SMILES string of the molecule is COC(=O)CN(CCN1CC23c4c5c6c7c8c9c(c%10c%11c2c2c4c4c%12c5c5c6c6c8c8c%13c9c9c%10c%10c%11c%11c2c2c4c4c%12c%12c5c5c6c8c6c8c%13c9c9c%10c%10c%11c2c2c4c4c%12c5c6c5c8c9c%10c2c45)C73C1C(=O)OC)CC(=O)OC. The van der Waals surface area contributed by atoms with Gasteiger partial charge < -0.3 is 14.2 Å². The Kier molecular flexibility index (Phi) is 3.34. The minimum atomic E-state index is -0.874. The fourth-order valence-corrected chi connectivity index (χ4v) is 26.5. The van der Waals surface area contributed by atoms with Crippen molar-refractivity contribution >= 4 is 309 Å². The van der Waals surface area contributed by atoms with Gasteiger partial charge in [0.2, 0.25) is 0 Å². The van der Waals surface area contributed by atoms with Gasteiger partial charge >= 0.3 is 17.9 Å². The Labute approximate surface area is 438 Å². The summed E-state index contributed by atoms with van der Waals surface area (Å²) < 4.78 is 17.0. The molecule has 5 aliphatic rings. The topological polar surface area (TPSA) is 85.4 Å². The van der Waals surface area contributed by atoms with E-state index in [9.17, 15) is 9.59 Å². The van der Waals surface area contributed by atoms with Crippen molar-refractivity contribution in [3.05, 3.63) is 22.3 Å². The number of esters is 3. The molecule has 354 valence electrons. The Hall–Kier alpha value is -9.21. The first-order valence-corrected chi connectivity index (χ1v) is 28.9. The van der Waals surface area contributed by atoms with Crippen LogP contribution in [0.1, 0.15) is 22.3 Å². The molecule has 33 rings (SSSR count). The normalized spacial score (nSPS) is 22.3. The van der Waals surface area contributed by atoms with Gasteiger partial charge in [0.05, 0.1) is 45.2 Å². The highest BCUT2D eigenvalue weighted by molar-refractivity contribution is 6.82. The Morgan fingerprint density at radius 1 is 0.338 bits per heavy atom. The molecule has 1 unspecified atom stereocenters.